The minimum atomic E-state index is -0.602. The van der Waals surface area contributed by atoms with Gasteiger partial charge >= 0.3 is 11.9 Å². The molecule has 130 valence electrons. The molecule has 2 aromatic carbocycles. The van der Waals surface area contributed by atoms with Crippen molar-refractivity contribution in [2.45, 2.75) is 6.92 Å². The number of benzene rings is 2. The van der Waals surface area contributed by atoms with Gasteiger partial charge in [0, 0.05) is 18.2 Å². The fourth-order valence-corrected chi connectivity index (χ4v) is 2.08. The second-order valence-corrected chi connectivity index (χ2v) is 5.01. The van der Waals surface area contributed by atoms with Crippen LogP contribution in [0.2, 0.25) is 0 Å². The Morgan fingerprint density at radius 1 is 0.960 bits per heavy atom. The van der Waals surface area contributed by atoms with Crippen LogP contribution in [-0.4, -0.2) is 26.2 Å². The quantitative estimate of drug-likeness (QED) is 0.456. The van der Waals surface area contributed by atoms with Crippen LogP contribution < -0.4 is 18.9 Å². The second-order valence-electron chi connectivity index (χ2n) is 5.01. The van der Waals surface area contributed by atoms with E-state index in [0.29, 0.717) is 17.1 Å². The van der Waals surface area contributed by atoms with Crippen LogP contribution >= 0.6 is 0 Å². The highest BCUT2D eigenvalue weighted by atomic mass is 16.5. The van der Waals surface area contributed by atoms with E-state index in [-0.39, 0.29) is 17.1 Å². The molecule has 0 radical (unpaired) electrons. The molecule has 0 unspecified atom stereocenters. The zero-order valence-electron chi connectivity index (χ0n) is 14.2. The zero-order chi connectivity index (χ0) is 18.4. The summed E-state index contributed by atoms with van der Waals surface area (Å²) >= 11 is 0. The maximum atomic E-state index is 12.5. The lowest BCUT2D eigenvalue weighted by Crippen LogP contribution is -2.12. The van der Waals surface area contributed by atoms with E-state index in [1.807, 2.05) is 0 Å². The van der Waals surface area contributed by atoms with E-state index in [0.717, 1.165) is 6.08 Å². The lowest BCUT2D eigenvalue weighted by atomic mass is 10.1. The van der Waals surface area contributed by atoms with E-state index in [4.69, 9.17) is 18.9 Å². The minimum Gasteiger partial charge on any atom is -0.497 e. The smallest absolute Gasteiger partial charge is 0.347 e. The summed E-state index contributed by atoms with van der Waals surface area (Å²) in [6, 6.07) is 9.68. The van der Waals surface area contributed by atoms with E-state index < -0.39 is 11.9 Å². The van der Waals surface area contributed by atoms with Crippen molar-refractivity contribution in [3.05, 3.63) is 60.2 Å². The molecule has 0 atom stereocenters. The summed E-state index contributed by atoms with van der Waals surface area (Å²) in [4.78, 5) is 23.8. The number of hydrogen-bond acceptors (Lipinski definition) is 6. The molecule has 25 heavy (non-hydrogen) atoms. The van der Waals surface area contributed by atoms with Gasteiger partial charge in [-0.2, -0.15) is 0 Å². The molecule has 0 saturated carbocycles. The molecule has 2 rings (SSSR count). The summed E-state index contributed by atoms with van der Waals surface area (Å²) in [6.45, 7) is 5.05. The Morgan fingerprint density at radius 3 is 2.32 bits per heavy atom. The van der Waals surface area contributed by atoms with Crippen molar-refractivity contribution >= 4 is 11.9 Å². The van der Waals surface area contributed by atoms with Crippen LogP contribution in [0.3, 0.4) is 0 Å². The van der Waals surface area contributed by atoms with E-state index in [9.17, 15) is 9.59 Å². The molecule has 0 saturated heterocycles. The third-order valence-corrected chi connectivity index (χ3v) is 3.35. The zero-order valence-corrected chi connectivity index (χ0v) is 14.2. The Balaban J connectivity index is 2.30. The van der Waals surface area contributed by atoms with Crippen molar-refractivity contribution in [3.8, 4) is 23.0 Å². The first-order valence-electron chi connectivity index (χ1n) is 7.37. The molecule has 0 heterocycles. The van der Waals surface area contributed by atoms with Crippen LogP contribution in [0, 0.1) is 6.92 Å². The second kappa shape index (κ2) is 8.01. The molecular weight excluding hydrogens is 324 g/mol. The molecule has 0 amide bonds. The highest BCUT2D eigenvalue weighted by Crippen LogP contribution is 2.30. The number of carbonyl (C=O) groups excluding carboxylic acids is 2. The number of aryl methyl sites for hydroxylation is 1. The Bertz CT molecular complexity index is 810. The fourth-order valence-electron chi connectivity index (χ4n) is 2.08. The molecule has 0 aromatic heterocycles. The van der Waals surface area contributed by atoms with Crippen LogP contribution in [0.4, 0.5) is 0 Å². The molecule has 0 bridgehead atoms. The Labute approximate surface area is 145 Å². The number of ether oxygens (including phenoxy) is 4. The lowest BCUT2D eigenvalue weighted by molar-refractivity contribution is -0.129. The predicted octanol–water partition coefficient (Wildman–Crippen LogP) is 3.32. The minimum absolute atomic E-state index is 0.209. The first kappa shape index (κ1) is 18.1. The van der Waals surface area contributed by atoms with Gasteiger partial charge in [-0.1, -0.05) is 12.6 Å². The van der Waals surface area contributed by atoms with Crippen LogP contribution in [-0.2, 0) is 4.79 Å². The van der Waals surface area contributed by atoms with Crippen LogP contribution in [0.5, 0.6) is 23.0 Å². The van der Waals surface area contributed by atoms with Crippen molar-refractivity contribution in [1.29, 1.82) is 0 Å². The summed E-state index contributed by atoms with van der Waals surface area (Å²) in [5.74, 6) is 0.211. The van der Waals surface area contributed by atoms with Gasteiger partial charge in [-0.25, -0.2) is 9.59 Å². The monoisotopic (exact) mass is 342 g/mol. The van der Waals surface area contributed by atoms with Gasteiger partial charge in [0.15, 0.2) is 0 Å². The Morgan fingerprint density at radius 2 is 1.68 bits per heavy atom. The average molecular weight is 342 g/mol. The lowest BCUT2D eigenvalue weighted by Gasteiger charge is -2.13. The molecular formula is C19H18O6. The van der Waals surface area contributed by atoms with Gasteiger partial charge in [-0.15, -0.1) is 0 Å². The normalized spacial score (nSPS) is 9.88. The first-order valence-corrected chi connectivity index (χ1v) is 7.37. The van der Waals surface area contributed by atoms with E-state index in [2.05, 4.69) is 6.58 Å². The molecule has 0 fully saturated rings. The largest absolute Gasteiger partial charge is 0.497 e. The number of rotatable bonds is 6. The summed E-state index contributed by atoms with van der Waals surface area (Å²) < 4.78 is 20.8. The molecule has 6 nitrogen and oxygen atoms in total. The van der Waals surface area contributed by atoms with Gasteiger partial charge in [0.2, 0.25) is 0 Å². The highest BCUT2D eigenvalue weighted by molar-refractivity contribution is 5.95. The fraction of sp³-hybridized carbons (Fsp3) is 0.158. The molecule has 6 heteroatoms. The van der Waals surface area contributed by atoms with Crippen molar-refractivity contribution in [3.63, 3.8) is 0 Å². The number of hydrogen-bond donors (Lipinski definition) is 0. The molecule has 0 spiro atoms. The Kier molecular flexibility index (Phi) is 5.79. The molecule has 0 N–H and O–H groups in total. The third kappa shape index (κ3) is 4.38. The van der Waals surface area contributed by atoms with E-state index in [1.54, 1.807) is 31.2 Å². The summed E-state index contributed by atoms with van der Waals surface area (Å²) in [6.07, 6.45) is 1.05. The predicted molar refractivity (Wildman–Crippen MR) is 91.5 cm³/mol. The van der Waals surface area contributed by atoms with Gasteiger partial charge in [0.05, 0.1) is 14.2 Å². The number of esters is 2. The molecule has 0 aliphatic carbocycles. The van der Waals surface area contributed by atoms with Gasteiger partial charge < -0.3 is 18.9 Å². The maximum absolute atomic E-state index is 12.5. The van der Waals surface area contributed by atoms with Crippen molar-refractivity contribution < 1.29 is 28.5 Å². The number of methoxy groups -OCH3 is 2. The topological polar surface area (TPSA) is 71.1 Å². The maximum Gasteiger partial charge on any atom is 0.347 e. The van der Waals surface area contributed by atoms with Crippen molar-refractivity contribution in [2.24, 2.45) is 0 Å². The standard InChI is InChI=1S/C19H18O6/c1-5-18(20)25-16-11-17(23-4)15(9-12(16)2)19(21)24-14-8-6-7-13(10-14)22-3/h5-11H,1H2,2-4H3. The third-order valence-electron chi connectivity index (χ3n) is 3.35. The van der Waals surface area contributed by atoms with Gasteiger partial charge in [-0.05, 0) is 30.7 Å². The Hall–Kier alpha value is -3.28. The van der Waals surface area contributed by atoms with Crippen molar-refractivity contribution in [1.82, 2.24) is 0 Å². The summed E-state index contributed by atoms with van der Waals surface area (Å²) in [5, 5.41) is 0. The summed E-state index contributed by atoms with van der Waals surface area (Å²) in [7, 11) is 2.93. The van der Waals surface area contributed by atoms with Crippen LogP contribution in [0.25, 0.3) is 0 Å². The first-order chi connectivity index (χ1) is 12.0. The van der Waals surface area contributed by atoms with Crippen LogP contribution in [0.1, 0.15) is 15.9 Å². The molecule has 2 aromatic rings. The van der Waals surface area contributed by atoms with E-state index >= 15 is 0 Å². The number of carbonyl (C=O) groups is 2. The van der Waals surface area contributed by atoms with Crippen molar-refractivity contribution in [2.75, 3.05) is 14.2 Å². The van der Waals surface area contributed by atoms with E-state index in [1.165, 1.54) is 26.4 Å². The molecule has 0 aliphatic rings. The van der Waals surface area contributed by atoms with Gasteiger partial charge in [0.25, 0.3) is 0 Å². The highest BCUT2D eigenvalue weighted by Gasteiger charge is 2.19. The summed E-state index contributed by atoms with van der Waals surface area (Å²) in [5.41, 5.74) is 0.787. The van der Waals surface area contributed by atoms with Gasteiger partial charge in [-0.3, -0.25) is 0 Å². The van der Waals surface area contributed by atoms with Gasteiger partial charge in [0.1, 0.15) is 28.6 Å². The average Bonchev–Trinajstić information content (AvgIpc) is 2.62. The van der Waals surface area contributed by atoms with Crippen LogP contribution in [0.15, 0.2) is 49.1 Å². The SMILES string of the molecule is C=CC(=O)Oc1cc(OC)c(C(=O)Oc2cccc(OC)c2)cc1C. The molecule has 0 aliphatic heterocycles.